The molecule has 1 fully saturated rings. The first-order valence-electron chi connectivity index (χ1n) is 10.6. The van der Waals surface area contributed by atoms with Crippen LogP contribution in [0.2, 0.25) is 4.34 Å². The predicted molar refractivity (Wildman–Crippen MR) is 125 cm³/mol. The van der Waals surface area contributed by atoms with Crippen LogP contribution in [0, 0.1) is 0 Å². The molecule has 7 nitrogen and oxygen atoms in total. The van der Waals surface area contributed by atoms with Crippen molar-refractivity contribution in [2.75, 3.05) is 6.54 Å². The number of nitrogens with zero attached hydrogens (tertiary/aromatic N) is 4. The Bertz CT molecular complexity index is 1380. The maximum Gasteiger partial charge on any atom is 0.433 e. The minimum Gasteiger partial charge on any atom is -0.298 e. The molecule has 0 radical (unpaired) electrons. The average molecular weight is 563 g/mol. The number of Topliss-reactive ketones (excluding diaryl/α,β-unsaturated/α-hetero) is 1. The molecule has 36 heavy (non-hydrogen) atoms. The molecule has 0 bridgehead atoms. The molecule has 1 aliphatic heterocycles. The van der Waals surface area contributed by atoms with Crippen LogP contribution in [0.1, 0.15) is 31.2 Å². The normalized spacial score (nSPS) is 21.1. The number of ketones is 1. The fraction of sp³-hybridized carbons (Fsp3) is 0.364. The van der Waals surface area contributed by atoms with Crippen LogP contribution in [0.25, 0.3) is 11.3 Å². The Morgan fingerprint density at radius 1 is 1.22 bits per heavy atom. The zero-order chi connectivity index (χ0) is 26.3. The average Bonchev–Trinajstić information content (AvgIpc) is 3.41. The summed E-state index contributed by atoms with van der Waals surface area (Å²) >= 11 is 6.69. The lowest BCUT2D eigenvalue weighted by atomic mass is 9.91. The van der Waals surface area contributed by atoms with Crippen LogP contribution in [0.5, 0.6) is 0 Å². The molecule has 192 valence electrons. The van der Waals surface area contributed by atoms with Crippen LogP contribution in [-0.4, -0.2) is 51.7 Å². The summed E-state index contributed by atoms with van der Waals surface area (Å²) in [6.07, 6.45) is -4.16. The van der Waals surface area contributed by atoms with Crippen LogP contribution in [-0.2, 0) is 27.4 Å². The summed E-state index contributed by atoms with van der Waals surface area (Å²) in [5, 5.41) is 0. The molecule has 0 unspecified atom stereocenters. The Labute approximate surface area is 213 Å². The predicted octanol–water partition coefficient (Wildman–Crippen LogP) is 4.97. The largest absolute Gasteiger partial charge is 0.433 e. The van der Waals surface area contributed by atoms with Crippen molar-refractivity contribution < 1.29 is 30.8 Å². The Morgan fingerprint density at radius 3 is 2.58 bits per heavy atom. The first kappa shape index (κ1) is 26.6. The molecule has 0 spiro atoms. The van der Waals surface area contributed by atoms with Crippen molar-refractivity contribution in [3.05, 3.63) is 58.6 Å². The summed E-state index contributed by atoms with van der Waals surface area (Å²) in [6.45, 7) is 0.958. The van der Waals surface area contributed by atoms with E-state index >= 15 is 0 Å². The first-order valence-corrected chi connectivity index (χ1v) is 13.2. The molecule has 3 aromatic heterocycles. The molecule has 0 saturated carbocycles. The number of hydrogen-bond acceptors (Lipinski definition) is 7. The van der Waals surface area contributed by atoms with Crippen molar-refractivity contribution in [1.82, 2.24) is 19.3 Å². The Kier molecular flexibility index (Phi) is 7.21. The summed E-state index contributed by atoms with van der Waals surface area (Å²) < 4.78 is 80.0. The summed E-state index contributed by atoms with van der Waals surface area (Å²) in [5.41, 5.74) is -1.59. The number of aryl methyl sites for hydroxylation is 1. The number of rotatable bonds is 7. The van der Waals surface area contributed by atoms with Crippen molar-refractivity contribution in [2.24, 2.45) is 0 Å². The second-order valence-electron chi connectivity index (χ2n) is 8.42. The number of alkyl halides is 4. The SMILES string of the molecule is C[C@@]1(C(=O)CCc2cc(-c3ccc(C(F)(F)F)nc3)ncn2)C[C@@H](F)CN1S(=O)(=O)c1ccc(Cl)s1. The minimum atomic E-state index is -4.57. The molecular weight excluding hydrogens is 544 g/mol. The van der Waals surface area contributed by atoms with Gasteiger partial charge in [0, 0.05) is 36.8 Å². The molecule has 4 heterocycles. The van der Waals surface area contributed by atoms with E-state index in [0.29, 0.717) is 17.0 Å². The Balaban J connectivity index is 1.51. The van der Waals surface area contributed by atoms with Gasteiger partial charge in [0.15, 0.2) is 5.78 Å². The second kappa shape index (κ2) is 9.77. The molecule has 0 amide bonds. The quantitative estimate of drug-likeness (QED) is 0.378. The topological polar surface area (TPSA) is 93.1 Å². The van der Waals surface area contributed by atoms with Crippen molar-refractivity contribution in [3.8, 4) is 11.3 Å². The van der Waals surface area contributed by atoms with Gasteiger partial charge in [0.1, 0.15) is 22.4 Å². The highest BCUT2D eigenvalue weighted by Crippen LogP contribution is 2.39. The smallest absolute Gasteiger partial charge is 0.298 e. The van der Waals surface area contributed by atoms with Gasteiger partial charge in [-0.05, 0) is 43.7 Å². The summed E-state index contributed by atoms with van der Waals surface area (Å²) in [5.74, 6) is -0.481. The Morgan fingerprint density at radius 2 is 1.97 bits per heavy atom. The van der Waals surface area contributed by atoms with Crippen LogP contribution < -0.4 is 0 Å². The number of carbonyl (C=O) groups excluding carboxylic acids is 1. The summed E-state index contributed by atoms with van der Waals surface area (Å²) in [6, 6.07) is 6.31. The van der Waals surface area contributed by atoms with Crippen molar-refractivity contribution in [1.29, 1.82) is 0 Å². The number of aromatic nitrogens is 3. The maximum atomic E-state index is 14.4. The van der Waals surface area contributed by atoms with E-state index < -0.39 is 45.9 Å². The van der Waals surface area contributed by atoms with Crippen LogP contribution in [0.15, 0.2) is 47.1 Å². The van der Waals surface area contributed by atoms with Gasteiger partial charge in [-0.25, -0.2) is 22.8 Å². The highest BCUT2D eigenvalue weighted by molar-refractivity contribution is 7.91. The van der Waals surface area contributed by atoms with Gasteiger partial charge in [-0.1, -0.05) is 11.6 Å². The first-order chi connectivity index (χ1) is 16.8. The van der Waals surface area contributed by atoms with Gasteiger partial charge >= 0.3 is 6.18 Å². The van der Waals surface area contributed by atoms with E-state index in [1.807, 2.05) is 0 Å². The van der Waals surface area contributed by atoms with Gasteiger partial charge in [-0.2, -0.15) is 17.5 Å². The fourth-order valence-electron chi connectivity index (χ4n) is 4.06. The summed E-state index contributed by atoms with van der Waals surface area (Å²) in [4.78, 5) is 24.8. The summed E-state index contributed by atoms with van der Waals surface area (Å²) in [7, 11) is -4.15. The van der Waals surface area contributed by atoms with Gasteiger partial charge < -0.3 is 0 Å². The van der Waals surface area contributed by atoms with Crippen LogP contribution in [0.3, 0.4) is 0 Å². The van der Waals surface area contributed by atoms with Crippen LogP contribution >= 0.6 is 22.9 Å². The molecule has 2 atom stereocenters. The highest BCUT2D eigenvalue weighted by atomic mass is 35.5. The second-order valence-corrected chi connectivity index (χ2v) is 12.2. The molecule has 0 N–H and O–H groups in total. The molecular formula is C22H19ClF4N4O3S2. The minimum absolute atomic E-state index is 0.0776. The third kappa shape index (κ3) is 5.29. The monoisotopic (exact) mass is 562 g/mol. The van der Waals surface area contributed by atoms with Crippen molar-refractivity contribution in [2.45, 2.75) is 48.3 Å². The zero-order valence-electron chi connectivity index (χ0n) is 18.7. The number of halogens is 5. The highest BCUT2D eigenvalue weighted by Gasteiger charge is 2.53. The zero-order valence-corrected chi connectivity index (χ0v) is 21.1. The van der Waals surface area contributed by atoms with Crippen LogP contribution in [0.4, 0.5) is 17.6 Å². The molecule has 0 aliphatic carbocycles. The maximum absolute atomic E-state index is 14.4. The van der Waals surface area contributed by atoms with Gasteiger partial charge in [0.25, 0.3) is 10.0 Å². The van der Waals surface area contributed by atoms with E-state index in [1.54, 1.807) is 0 Å². The number of thiophene rings is 1. The number of carbonyl (C=O) groups is 1. The Hall–Kier alpha value is -2.48. The van der Waals surface area contributed by atoms with E-state index in [-0.39, 0.29) is 27.8 Å². The van der Waals surface area contributed by atoms with Gasteiger partial charge in [-0.3, -0.25) is 9.78 Å². The van der Waals surface area contributed by atoms with E-state index in [9.17, 15) is 30.8 Å². The molecule has 4 rings (SSSR count). The fourth-order valence-corrected chi connectivity index (χ4v) is 7.45. The van der Waals surface area contributed by atoms with E-state index in [1.165, 1.54) is 37.5 Å². The lowest BCUT2D eigenvalue weighted by Gasteiger charge is -2.32. The molecule has 3 aromatic rings. The number of sulfonamides is 1. The van der Waals surface area contributed by atoms with Crippen molar-refractivity contribution in [3.63, 3.8) is 0 Å². The van der Waals surface area contributed by atoms with Gasteiger partial charge in [-0.15, -0.1) is 11.3 Å². The molecule has 1 aliphatic rings. The lowest BCUT2D eigenvalue weighted by molar-refractivity contribution is -0.141. The van der Waals surface area contributed by atoms with E-state index in [4.69, 9.17) is 11.6 Å². The molecule has 14 heteroatoms. The molecule has 0 aromatic carbocycles. The standard InChI is InChI=1S/C22H19ClF4N4O3S2/c1-21(9-14(24)11-31(21)36(33,34)20-7-6-19(23)35-20)18(32)5-3-15-8-16(30-12-29-15)13-2-4-17(28-10-13)22(25,26)27/h2,4,6-8,10,12,14H,3,5,9,11H2,1H3/t14-,21+/m1/s1. The number of hydrogen-bond donors (Lipinski definition) is 0. The number of pyridine rings is 1. The third-order valence-corrected chi connectivity index (χ3v) is 9.59. The van der Waals surface area contributed by atoms with E-state index in [0.717, 1.165) is 27.9 Å². The third-order valence-electron chi connectivity index (χ3n) is 5.91. The lowest BCUT2D eigenvalue weighted by Crippen LogP contribution is -2.50. The van der Waals surface area contributed by atoms with E-state index in [2.05, 4.69) is 15.0 Å². The van der Waals surface area contributed by atoms with Gasteiger partial charge in [0.2, 0.25) is 0 Å². The van der Waals surface area contributed by atoms with Crippen molar-refractivity contribution >= 4 is 38.7 Å². The van der Waals surface area contributed by atoms with Gasteiger partial charge in [0.05, 0.1) is 15.6 Å². The molecule has 1 saturated heterocycles.